The molecule has 1 aliphatic carbocycles. The van der Waals surface area contributed by atoms with Crippen molar-refractivity contribution in [3.8, 4) is 5.75 Å². The number of ether oxygens (including phenoxy) is 1. The highest BCUT2D eigenvalue weighted by Crippen LogP contribution is 2.34. The first-order valence-corrected chi connectivity index (χ1v) is 4.84. The summed E-state index contributed by atoms with van der Waals surface area (Å²) in [5.41, 5.74) is 5.61. The molecule has 1 aromatic rings. The first kappa shape index (κ1) is 12.6. The molecule has 2 N–H and O–H groups in total. The molecule has 0 saturated heterocycles. The van der Waals surface area contributed by atoms with Crippen molar-refractivity contribution in [2.24, 2.45) is 5.73 Å². The van der Waals surface area contributed by atoms with Crippen molar-refractivity contribution in [1.82, 2.24) is 0 Å². The van der Waals surface area contributed by atoms with Crippen LogP contribution >= 0.6 is 24.0 Å². The molecule has 0 heterocycles. The van der Waals surface area contributed by atoms with Gasteiger partial charge in [0.25, 0.3) is 0 Å². The second kappa shape index (κ2) is 4.56. The molecule has 84 valence electrons. The van der Waals surface area contributed by atoms with Crippen molar-refractivity contribution in [3.63, 3.8) is 0 Å². The normalized spacial score (nSPS) is 16.7. The van der Waals surface area contributed by atoms with Crippen LogP contribution in [0.5, 0.6) is 5.75 Å². The molecule has 0 spiro atoms. The van der Waals surface area contributed by atoms with E-state index in [4.69, 9.17) is 22.1 Å². The average Bonchev–Trinajstić information content (AvgIpc) is 2.88. The highest BCUT2D eigenvalue weighted by atomic mass is 35.5. The molecule has 5 heteroatoms. The topological polar surface area (TPSA) is 35.2 Å². The summed E-state index contributed by atoms with van der Waals surface area (Å²) in [6, 6.07) is 4.49. The molecule has 0 radical (unpaired) electrons. The molecule has 0 amide bonds. The maximum atomic E-state index is 13.0. The average molecular weight is 252 g/mol. The minimum Gasteiger partial charge on any atom is -0.490 e. The Morgan fingerprint density at radius 3 is 2.73 bits per heavy atom. The molecule has 1 aromatic carbocycles. The fourth-order valence-electron chi connectivity index (χ4n) is 1.12. The zero-order chi connectivity index (χ0) is 10.2. The quantitative estimate of drug-likeness (QED) is 0.897. The fourth-order valence-corrected chi connectivity index (χ4v) is 1.30. The maximum absolute atomic E-state index is 13.0. The van der Waals surface area contributed by atoms with E-state index in [1.165, 1.54) is 6.07 Å². The molecule has 0 unspecified atom stereocenters. The van der Waals surface area contributed by atoms with Crippen LogP contribution in [0.2, 0.25) is 5.02 Å². The van der Waals surface area contributed by atoms with E-state index < -0.39 is 5.82 Å². The van der Waals surface area contributed by atoms with Crippen molar-refractivity contribution < 1.29 is 9.13 Å². The summed E-state index contributed by atoms with van der Waals surface area (Å²) in [5, 5.41) is 0.0248. The van der Waals surface area contributed by atoms with Gasteiger partial charge in [-0.1, -0.05) is 17.7 Å². The Morgan fingerprint density at radius 1 is 1.47 bits per heavy atom. The van der Waals surface area contributed by atoms with Gasteiger partial charge in [-0.2, -0.15) is 0 Å². The third-order valence-electron chi connectivity index (χ3n) is 2.32. The lowest BCUT2D eigenvalue weighted by molar-refractivity contribution is 0.278. The van der Waals surface area contributed by atoms with Crippen LogP contribution in [0.4, 0.5) is 4.39 Å². The molecule has 2 nitrogen and oxygen atoms in total. The summed E-state index contributed by atoms with van der Waals surface area (Å²) >= 11 is 5.70. The Bertz CT molecular complexity index is 355. The lowest BCUT2D eigenvalue weighted by Gasteiger charge is -2.12. The van der Waals surface area contributed by atoms with Gasteiger partial charge in [0.05, 0.1) is 5.54 Å². The Morgan fingerprint density at radius 2 is 2.13 bits per heavy atom. The van der Waals surface area contributed by atoms with E-state index in [1.807, 2.05) is 0 Å². The standard InChI is InChI=1S/C10H11ClFNO.ClH/c11-9-7(12)2-1-3-8(9)14-6-10(13)4-5-10;/h1-3H,4-6,13H2;1H. The minimum absolute atomic E-state index is 0. The molecule has 0 aliphatic heterocycles. The predicted octanol–water partition coefficient (Wildman–Crippen LogP) is 2.77. The number of rotatable bonds is 3. The van der Waals surface area contributed by atoms with Crippen molar-refractivity contribution in [2.75, 3.05) is 6.61 Å². The van der Waals surface area contributed by atoms with Crippen LogP contribution in [-0.2, 0) is 0 Å². The molecule has 1 fully saturated rings. The zero-order valence-electron chi connectivity index (χ0n) is 8.00. The molecular formula is C10H12Cl2FNO. The monoisotopic (exact) mass is 251 g/mol. The van der Waals surface area contributed by atoms with Gasteiger partial charge in [0.2, 0.25) is 0 Å². The van der Waals surface area contributed by atoms with Gasteiger partial charge < -0.3 is 10.5 Å². The van der Waals surface area contributed by atoms with Crippen LogP contribution in [-0.4, -0.2) is 12.1 Å². The van der Waals surface area contributed by atoms with E-state index in [0.717, 1.165) is 12.8 Å². The second-order valence-electron chi connectivity index (χ2n) is 3.70. The number of hydrogen-bond donors (Lipinski definition) is 1. The molecule has 15 heavy (non-hydrogen) atoms. The molecule has 0 bridgehead atoms. The van der Waals surface area contributed by atoms with Gasteiger partial charge in [0.15, 0.2) is 0 Å². The van der Waals surface area contributed by atoms with Gasteiger partial charge in [0, 0.05) is 0 Å². The molecular weight excluding hydrogens is 240 g/mol. The van der Waals surface area contributed by atoms with Gasteiger partial charge in [-0.3, -0.25) is 0 Å². The van der Waals surface area contributed by atoms with Gasteiger partial charge in [-0.25, -0.2) is 4.39 Å². The van der Waals surface area contributed by atoms with E-state index in [9.17, 15) is 4.39 Å². The summed E-state index contributed by atoms with van der Waals surface area (Å²) in [5.74, 6) is -0.102. The van der Waals surface area contributed by atoms with Gasteiger partial charge in [0.1, 0.15) is 23.2 Å². The number of nitrogens with two attached hydrogens (primary N) is 1. The van der Waals surface area contributed by atoms with Gasteiger partial charge in [-0.15, -0.1) is 12.4 Å². The lowest BCUT2D eigenvalue weighted by Crippen LogP contribution is -2.29. The van der Waals surface area contributed by atoms with E-state index in [0.29, 0.717) is 12.4 Å². The molecule has 1 saturated carbocycles. The minimum atomic E-state index is -0.467. The first-order valence-electron chi connectivity index (χ1n) is 4.46. The smallest absolute Gasteiger partial charge is 0.145 e. The SMILES string of the molecule is Cl.NC1(COc2cccc(F)c2Cl)CC1. The molecule has 2 rings (SSSR count). The van der Waals surface area contributed by atoms with E-state index in [2.05, 4.69) is 0 Å². The van der Waals surface area contributed by atoms with Crippen LogP contribution < -0.4 is 10.5 Å². The number of halogens is 3. The largest absolute Gasteiger partial charge is 0.490 e. The van der Waals surface area contributed by atoms with E-state index >= 15 is 0 Å². The third kappa shape index (κ3) is 2.97. The van der Waals surface area contributed by atoms with Crippen molar-refractivity contribution >= 4 is 24.0 Å². The second-order valence-corrected chi connectivity index (χ2v) is 4.08. The Labute approximate surface area is 99.0 Å². The van der Waals surface area contributed by atoms with Gasteiger partial charge in [-0.05, 0) is 25.0 Å². The van der Waals surface area contributed by atoms with Crippen LogP contribution in [0.1, 0.15) is 12.8 Å². The Balaban J connectivity index is 0.00000112. The maximum Gasteiger partial charge on any atom is 0.145 e. The zero-order valence-corrected chi connectivity index (χ0v) is 9.58. The molecule has 1 aliphatic rings. The Hall–Kier alpha value is -0.510. The van der Waals surface area contributed by atoms with Crippen LogP contribution in [0.3, 0.4) is 0 Å². The van der Waals surface area contributed by atoms with E-state index in [1.54, 1.807) is 12.1 Å². The fraction of sp³-hybridized carbons (Fsp3) is 0.400. The summed E-state index contributed by atoms with van der Waals surface area (Å²) in [7, 11) is 0. The van der Waals surface area contributed by atoms with E-state index in [-0.39, 0.29) is 23.0 Å². The summed E-state index contributed by atoms with van der Waals surface area (Å²) in [4.78, 5) is 0. The van der Waals surface area contributed by atoms with Crippen molar-refractivity contribution in [3.05, 3.63) is 29.0 Å². The van der Waals surface area contributed by atoms with Gasteiger partial charge >= 0.3 is 0 Å². The van der Waals surface area contributed by atoms with Crippen LogP contribution in [0, 0.1) is 5.82 Å². The first-order chi connectivity index (χ1) is 6.61. The number of benzene rings is 1. The molecule has 0 aromatic heterocycles. The summed E-state index contributed by atoms with van der Waals surface area (Å²) in [6.45, 7) is 0.399. The third-order valence-corrected chi connectivity index (χ3v) is 2.69. The summed E-state index contributed by atoms with van der Waals surface area (Å²) < 4.78 is 18.3. The van der Waals surface area contributed by atoms with Crippen LogP contribution in [0.25, 0.3) is 0 Å². The van der Waals surface area contributed by atoms with Crippen LogP contribution in [0.15, 0.2) is 18.2 Å². The predicted molar refractivity (Wildman–Crippen MR) is 60.3 cm³/mol. The molecule has 0 atom stereocenters. The van der Waals surface area contributed by atoms with Crippen molar-refractivity contribution in [1.29, 1.82) is 0 Å². The highest BCUT2D eigenvalue weighted by molar-refractivity contribution is 6.32. The lowest BCUT2D eigenvalue weighted by atomic mass is 10.3. The highest BCUT2D eigenvalue weighted by Gasteiger charge is 2.39. The Kier molecular flexibility index (Phi) is 3.82. The number of hydrogen-bond acceptors (Lipinski definition) is 2. The van der Waals surface area contributed by atoms with Crippen molar-refractivity contribution in [2.45, 2.75) is 18.4 Å². The summed E-state index contributed by atoms with van der Waals surface area (Å²) in [6.07, 6.45) is 1.92.